The third-order valence-corrected chi connectivity index (χ3v) is 5.48. The predicted octanol–water partition coefficient (Wildman–Crippen LogP) is 2.83. The predicted molar refractivity (Wildman–Crippen MR) is 77.9 cm³/mol. The summed E-state index contributed by atoms with van der Waals surface area (Å²) < 4.78 is 27.0. The van der Waals surface area contributed by atoms with Crippen molar-refractivity contribution >= 4 is 44.6 Å². The van der Waals surface area contributed by atoms with Gasteiger partial charge in [-0.15, -0.1) is 11.3 Å². The lowest BCUT2D eigenvalue weighted by molar-refractivity contribution is -0.136. The number of sulfonamides is 1. The van der Waals surface area contributed by atoms with Crippen molar-refractivity contribution in [2.24, 2.45) is 0 Å². The van der Waals surface area contributed by atoms with Crippen molar-refractivity contribution in [1.29, 1.82) is 0 Å². The Bertz CT molecular complexity index is 722. The molecule has 2 aromatic rings. The second kappa shape index (κ2) is 5.82. The number of carbonyl (C=O) groups is 1. The minimum absolute atomic E-state index is 0.104. The highest BCUT2D eigenvalue weighted by atomic mass is 35.5. The molecule has 0 atom stereocenters. The second-order valence-electron chi connectivity index (χ2n) is 3.93. The van der Waals surface area contributed by atoms with E-state index in [1.807, 2.05) is 0 Å². The summed E-state index contributed by atoms with van der Waals surface area (Å²) in [5, 5.41) is 8.65. The number of carboxylic acids is 1. The summed E-state index contributed by atoms with van der Waals surface area (Å²) >= 11 is 6.67. The van der Waals surface area contributed by atoms with Gasteiger partial charge in [-0.05, 0) is 29.8 Å². The topological polar surface area (TPSA) is 83.5 Å². The first-order valence-electron chi connectivity index (χ1n) is 5.46. The van der Waals surface area contributed by atoms with Gasteiger partial charge in [-0.25, -0.2) is 8.42 Å². The lowest BCUT2D eigenvalue weighted by atomic mass is 10.1. The first kappa shape index (κ1) is 14.8. The third kappa shape index (κ3) is 3.72. The zero-order chi connectivity index (χ0) is 14.8. The highest BCUT2D eigenvalue weighted by Gasteiger charge is 2.16. The molecular weight excluding hydrogens is 322 g/mol. The highest BCUT2D eigenvalue weighted by molar-refractivity contribution is 7.94. The smallest absolute Gasteiger partial charge is 0.307 e. The summed E-state index contributed by atoms with van der Waals surface area (Å²) in [5.41, 5.74) is 0.961. The molecule has 0 radical (unpaired) electrons. The molecule has 106 valence electrons. The molecule has 5 nitrogen and oxygen atoms in total. The first-order valence-corrected chi connectivity index (χ1v) is 8.13. The van der Waals surface area contributed by atoms with Gasteiger partial charge in [-0.1, -0.05) is 23.7 Å². The van der Waals surface area contributed by atoms with Gasteiger partial charge in [-0.3, -0.25) is 9.52 Å². The van der Waals surface area contributed by atoms with E-state index >= 15 is 0 Å². The summed E-state index contributed by atoms with van der Waals surface area (Å²) in [6, 6.07) is 9.10. The Morgan fingerprint density at radius 2 is 1.85 bits per heavy atom. The molecule has 2 N–H and O–H groups in total. The number of anilines is 1. The molecule has 0 saturated heterocycles. The minimum Gasteiger partial charge on any atom is -0.481 e. The number of hydrogen-bond donors (Lipinski definition) is 2. The van der Waals surface area contributed by atoms with Crippen molar-refractivity contribution < 1.29 is 18.3 Å². The maximum Gasteiger partial charge on any atom is 0.307 e. The zero-order valence-corrected chi connectivity index (χ0v) is 12.4. The van der Waals surface area contributed by atoms with Gasteiger partial charge in [-0.2, -0.15) is 0 Å². The van der Waals surface area contributed by atoms with Gasteiger partial charge in [0.15, 0.2) is 0 Å². The van der Waals surface area contributed by atoms with Gasteiger partial charge < -0.3 is 5.11 Å². The molecule has 8 heteroatoms. The van der Waals surface area contributed by atoms with Crippen molar-refractivity contribution in [1.82, 2.24) is 0 Å². The van der Waals surface area contributed by atoms with Gasteiger partial charge in [0.1, 0.15) is 4.21 Å². The van der Waals surface area contributed by atoms with Crippen LogP contribution in [0.15, 0.2) is 40.6 Å². The summed E-state index contributed by atoms with van der Waals surface area (Å²) in [6.07, 6.45) is -0.104. The summed E-state index contributed by atoms with van der Waals surface area (Å²) in [6.45, 7) is 0. The molecule has 0 aliphatic carbocycles. The van der Waals surface area contributed by atoms with Gasteiger partial charge in [0, 0.05) is 5.69 Å². The van der Waals surface area contributed by atoms with Crippen molar-refractivity contribution in [2.45, 2.75) is 10.6 Å². The monoisotopic (exact) mass is 331 g/mol. The average Bonchev–Trinajstić information content (AvgIpc) is 2.78. The molecule has 1 heterocycles. The van der Waals surface area contributed by atoms with Crippen LogP contribution < -0.4 is 4.72 Å². The maximum atomic E-state index is 12.0. The lowest BCUT2D eigenvalue weighted by Crippen LogP contribution is -2.11. The van der Waals surface area contributed by atoms with Crippen LogP contribution in [0.5, 0.6) is 0 Å². The van der Waals surface area contributed by atoms with Crippen molar-refractivity contribution in [2.75, 3.05) is 4.72 Å². The van der Waals surface area contributed by atoms with E-state index < -0.39 is 16.0 Å². The minimum atomic E-state index is -3.66. The summed E-state index contributed by atoms with van der Waals surface area (Å²) in [5.74, 6) is -0.938. The van der Waals surface area contributed by atoms with Crippen LogP contribution in [0.3, 0.4) is 0 Å². The fraction of sp³-hybridized carbons (Fsp3) is 0.0833. The molecule has 0 aliphatic heterocycles. The van der Waals surface area contributed by atoms with Crippen LogP contribution in [0, 0.1) is 0 Å². The molecule has 0 bridgehead atoms. The molecule has 0 unspecified atom stereocenters. The third-order valence-electron chi connectivity index (χ3n) is 2.37. The van der Waals surface area contributed by atoms with E-state index in [0.29, 0.717) is 15.6 Å². The average molecular weight is 332 g/mol. The number of nitrogens with one attached hydrogen (secondary N) is 1. The van der Waals surface area contributed by atoms with Gasteiger partial charge in [0.2, 0.25) is 0 Å². The van der Waals surface area contributed by atoms with Gasteiger partial charge >= 0.3 is 5.97 Å². The Hall–Kier alpha value is -1.57. The van der Waals surface area contributed by atoms with E-state index in [2.05, 4.69) is 4.72 Å². The number of halogens is 1. The van der Waals surface area contributed by atoms with E-state index in [4.69, 9.17) is 16.7 Å². The van der Waals surface area contributed by atoms with Crippen LogP contribution in [0.2, 0.25) is 4.34 Å². The molecule has 2 rings (SSSR count). The van der Waals surface area contributed by atoms with E-state index in [1.165, 1.54) is 24.3 Å². The Morgan fingerprint density at radius 1 is 1.20 bits per heavy atom. The second-order valence-corrected chi connectivity index (χ2v) is 7.56. The van der Waals surface area contributed by atoms with E-state index in [-0.39, 0.29) is 10.6 Å². The Labute approximate surface area is 124 Å². The first-order chi connectivity index (χ1) is 9.37. The fourth-order valence-electron chi connectivity index (χ4n) is 1.51. The molecule has 0 spiro atoms. The molecule has 1 aromatic heterocycles. The van der Waals surface area contributed by atoms with Crippen LogP contribution >= 0.6 is 22.9 Å². The zero-order valence-electron chi connectivity index (χ0n) is 10.0. The van der Waals surface area contributed by atoms with E-state index in [1.54, 1.807) is 12.1 Å². The van der Waals surface area contributed by atoms with Gasteiger partial charge in [0.25, 0.3) is 10.0 Å². The number of hydrogen-bond acceptors (Lipinski definition) is 4. The Morgan fingerprint density at radius 3 is 2.35 bits per heavy atom. The number of thiophene rings is 1. The molecule has 0 saturated carbocycles. The number of aliphatic carboxylic acids is 1. The molecular formula is C12H10ClNO4S2. The maximum absolute atomic E-state index is 12.0. The van der Waals surface area contributed by atoms with Crippen LogP contribution in [-0.2, 0) is 21.2 Å². The number of rotatable bonds is 5. The lowest BCUT2D eigenvalue weighted by Gasteiger charge is -2.06. The fourth-order valence-corrected chi connectivity index (χ4v) is 4.05. The van der Waals surface area contributed by atoms with E-state index in [9.17, 15) is 13.2 Å². The number of carboxylic acid groups (broad SMARTS) is 1. The Kier molecular flexibility index (Phi) is 4.32. The quantitative estimate of drug-likeness (QED) is 0.882. The van der Waals surface area contributed by atoms with Crippen molar-refractivity contribution in [3.63, 3.8) is 0 Å². The van der Waals surface area contributed by atoms with Gasteiger partial charge in [0.05, 0.1) is 10.8 Å². The SMILES string of the molecule is O=C(O)Cc1ccc(NS(=O)(=O)c2ccc(Cl)s2)cc1. The Balaban J connectivity index is 2.15. The van der Waals surface area contributed by atoms with E-state index in [0.717, 1.165) is 11.3 Å². The standard InChI is InChI=1S/C12H10ClNO4S2/c13-10-5-6-12(19-10)20(17,18)14-9-3-1-8(2-4-9)7-11(15)16/h1-6,14H,7H2,(H,15,16). The summed E-state index contributed by atoms with van der Waals surface area (Å²) in [7, 11) is -3.66. The molecule has 0 fully saturated rings. The molecule has 0 amide bonds. The number of benzene rings is 1. The highest BCUT2D eigenvalue weighted by Crippen LogP contribution is 2.27. The molecule has 1 aromatic carbocycles. The largest absolute Gasteiger partial charge is 0.481 e. The van der Waals surface area contributed by atoms with Crippen LogP contribution in [0.4, 0.5) is 5.69 Å². The van der Waals surface area contributed by atoms with Crippen LogP contribution in [0.25, 0.3) is 0 Å². The van der Waals surface area contributed by atoms with Crippen LogP contribution in [0.1, 0.15) is 5.56 Å². The van der Waals surface area contributed by atoms with Crippen LogP contribution in [-0.4, -0.2) is 19.5 Å². The van der Waals surface area contributed by atoms with Crippen molar-refractivity contribution in [3.05, 3.63) is 46.3 Å². The summed E-state index contributed by atoms with van der Waals surface area (Å²) in [4.78, 5) is 10.5. The molecule has 0 aliphatic rings. The molecule has 20 heavy (non-hydrogen) atoms. The normalized spacial score (nSPS) is 11.2. The van der Waals surface area contributed by atoms with Crippen molar-refractivity contribution in [3.8, 4) is 0 Å².